The largest absolute Gasteiger partial charge is 0.519 e. The van der Waals surface area contributed by atoms with E-state index < -0.39 is 16.6 Å². The van der Waals surface area contributed by atoms with E-state index in [1.54, 1.807) is 0 Å². The van der Waals surface area contributed by atoms with Crippen molar-refractivity contribution in [2.45, 2.75) is 83.7 Å². The minimum atomic E-state index is -1.99. The summed E-state index contributed by atoms with van der Waals surface area (Å²) in [5.74, 6) is 1.47. The Morgan fingerprint density at radius 2 is 1.65 bits per heavy atom. The van der Waals surface area contributed by atoms with Crippen molar-refractivity contribution in [3.05, 3.63) is 0 Å². The summed E-state index contributed by atoms with van der Waals surface area (Å²) in [5.41, 5.74) is 0.726. The molecule has 0 aromatic carbocycles. The maximum Gasteiger partial charge on any atom is 0.295 e. The topological polar surface area (TPSA) is 35.5 Å². The van der Waals surface area contributed by atoms with Gasteiger partial charge in [0, 0.05) is 6.61 Å². The third-order valence-corrected chi connectivity index (χ3v) is 14.6. The fourth-order valence-corrected chi connectivity index (χ4v) is 8.57. The summed E-state index contributed by atoms with van der Waals surface area (Å²) in [7, 11) is -3.60. The summed E-state index contributed by atoms with van der Waals surface area (Å²) < 4.78 is 12.2. The van der Waals surface area contributed by atoms with E-state index in [0.29, 0.717) is 11.8 Å². The predicted octanol–water partition coefficient (Wildman–Crippen LogP) is 5.19. The smallest absolute Gasteiger partial charge is 0.295 e. The van der Waals surface area contributed by atoms with Gasteiger partial charge in [0.2, 0.25) is 0 Å². The maximum absolute atomic E-state index is 12.8. The molecule has 2 rings (SSSR count). The van der Waals surface area contributed by atoms with E-state index in [0.717, 1.165) is 18.6 Å². The van der Waals surface area contributed by atoms with Crippen LogP contribution in [0.5, 0.6) is 0 Å². The highest BCUT2D eigenvalue weighted by Gasteiger charge is 2.55. The predicted molar refractivity (Wildman–Crippen MR) is 100 cm³/mol. The molecule has 0 saturated heterocycles. The molecule has 0 aromatic heterocycles. The fourth-order valence-electron chi connectivity index (χ4n) is 4.38. The van der Waals surface area contributed by atoms with Crippen molar-refractivity contribution in [3.63, 3.8) is 0 Å². The summed E-state index contributed by atoms with van der Waals surface area (Å²) in [6.45, 7) is 18.6. The number of hydrogen-bond acceptors (Lipinski definition) is 3. The van der Waals surface area contributed by atoms with Crippen molar-refractivity contribution in [3.8, 4) is 0 Å². The van der Waals surface area contributed by atoms with Gasteiger partial charge in [-0.15, -0.1) is 0 Å². The van der Waals surface area contributed by atoms with Crippen LogP contribution in [-0.2, 0) is 13.6 Å². The second-order valence-corrected chi connectivity index (χ2v) is 18.6. The monoisotopic (exact) mass is 356 g/mol. The Hall–Kier alpha value is -0.136. The Kier molecular flexibility index (Phi) is 5.26. The summed E-state index contributed by atoms with van der Waals surface area (Å²) in [4.78, 5) is 12.8. The molecule has 2 fully saturated rings. The van der Waals surface area contributed by atoms with Crippen molar-refractivity contribution < 1.29 is 13.6 Å². The van der Waals surface area contributed by atoms with Crippen molar-refractivity contribution in [2.75, 3.05) is 6.61 Å². The third-order valence-electron chi connectivity index (χ3n) is 6.73. The van der Waals surface area contributed by atoms with E-state index in [2.05, 4.69) is 53.9 Å². The molecule has 0 N–H and O–H groups in total. The van der Waals surface area contributed by atoms with E-state index in [9.17, 15) is 4.79 Å². The summed E-state index contributed by atoms with van der Waals surface area (Å²) in [6, 6.07) is 0. The molecular formula is C18H36O3Si2. The Balaban J connectivity index is 1.99. The SMILES string of the molecule is CCO[Si](C)(C)C1CC2CC1CC2C(=O)O[Si](C)(C)C(C)(C)C. The highest BCUT2D eigenvalue weighted by atomic mass is 28.4. The zero-order chi connectivity index (χ0) is 17.6. The van der Waals surface area contributed by atoms with E-state index in [-0.39, 0.29) is 16.9 Å². The van der Waals surface area contributed by atoms with Gasteiger partial charge in [-0.2, -0.15) is 0 Å². The zero-order valence-electron chi connectivity index (χ0n) is 16.4. The van der Waals surface area contributed by atoms with Crippen molar-refractivity contribution in [1.29, 1.82) is 0 Å². The Labute approximate surface area is 144 Å². The van der Waals surface area contributed by atoms with Gasteiger partial charge in [-0.3, -0.25) is 4.79 Å². The quantitative estimate of drug-likeness (QED) is 0.636. The number of carbonyl (C=O) groups excluding carboxylic acids is 1. The van der Waals surface area contributed by atoms with Crippen LogP contribution >= 0.6 is 0 Å². The van der Waals surface area contributed by atoms with E-state index in [1.165, 1.54) is 12.8 Å². The minimum Gasteiger partial charge on any atom is -0.519 e. The number of hydrogen-bond donors (Lipinski definition) is 0. The van der Waals surface area contributed by atoms with Gasteiger partial charge in [-0.05, 0) is 74.8 Å². The van der Waals surface area contributed by atoms with Gasteiger partial charge in [-0.25, -0.2) is 0 Å². The Morgan fingerprint density at radius 3 is 2.09 bits per heavy atom. The standard InChI is InChI=1S/C18H36O3Si2/c1-9-20-22(5,6)16-12-13-10-14(16)11-15(13)17(19)21-23(7,8)18(2,3)4/h13-16H,9-12H2,1-8H3. The minimum absolute atomic E-state index is 0.0900. The second kappa shape index (κ2) is 6.30. The molecule has 2 saturated carbocycles. The highest BCUT2D eigenvalue weighted by molar-refractivity contribution is 6.75. The maximum atomic E-state index is 12.8. The van der Waals surface area contributed by atoms with Gasteiger partial charge >= 0.3 is 0 Å². The molecule has 0 heterocycles. The van der Waals surface area contributed by atoms with Gasteiger partial charge in [0.25, 0.3) is 14.3 Å². The molecule has 0 spiro atoms. The van der Waals surface area contributed by atoms with Crippen LogP contribution < -0.4 is 0 Å². The average molecular weight is 357 g/mol. The van der Waals surface area contributed by atoms with Gasteiger partial charge in [0.1, 0.15) is 0 Å². The van der Waals surface area contributed by atoms with Crippen LogP contribution in [0, 0.1) is 17.8 Å². The van der Waals surface area contributed by atoms with Crippen LogP contribution in [0.2, 0.25) is 36.8 Å². The first kappa shape index (κ1) is 19.2. The van der Waals surface area contributed by atoms with Crippen LogP contribution in [0.1, 0.15) is 47.0 Å². The van der Waals surface area contributed by atoms with Crippen molar-refractivity contribution in [1.82, 2.24) is 0 Å². The molecule has 4 unspecified atom stereocenters. The lowest BCUT2D eigenvalue weighted by molar-refractivity contribution is -0.141. The van der Waals surface area contributed by atoms with Crippen LogP contribution in [-0.4, -0.2) is 29.2 Å². The molecule has 4 atom stereocenters. The van der Waals surface area contributed by atoms with Gasteiger partial charge in [0.15, 0.2) is 8.32 Å². The first-order valence-corrected chi connectivity index (χ1v) is 15.1. The van der Waals surface area contributed by atoms with Crippen molar-refractivity contribution >= 4 is 22.6 Å². The first-order chi connectivity index (χ1) is 10.4. The summed E-state index contributed by atoms with van der Waals surface area (Å²) in [5, 5.41) is 0.0900. The molecular weight excluding hydrogens is 320 g/mol. The third kappa shape index (κ3) is 3.77. The van der Waals surface area contributed by atoms with Crippen molar-refractivity contribution in [2.24, 2.45) is 17.8 Å². The average Bonchev–Trinajstić information content (AvgIpc) is 2.96. The zero-order valence-corrected chi connectivity index (χ0v) is 18.4. The molecule has 3 nitrogen and oxygen atoms in total. The molecule has 0 radical (unpaired) electrons. The fraction of sp³-hybridized carbons (Fsp3) is 0.944. The van der Waals surface area contributed by atoms with E-state index in [4.69, 9.17) is 8.85 Å². The summed E-state index contributed by atoms with van der Waals surface area (Å²) in [6.07, 6.45) is 3.43. The van der Waals surface area contributed by atoms with Crippen LogP contribution in [0.4, 0.5) is 0 Å². The first-order valence-electron chi connectivity index (χ1n) is 9.26. The normalized spacial score (nSPS) is 31.5. The second-order valence-electron chi connectivity index (χ2n) is 9.66. The van der Waals surface area contributed by atoms with Gasteiger partial charge in [-0.1, -0.05) is 20.8 Å². The highest BCUT2D eigenvalue weighted by Crippen LogP contribution is 2.58. The molecule has 0 aromatic rings. The van der Waals surface area contributed by atoms with Crippen LogP contribution in [0.3, 0.4) is 0 Å². The van der Waals surface area contributed by atoms with E-state index in [1.807, 2.05) is 0 Å². The van der Waals surface area contributed by atoms with Gasteiger partial charge in [0.05, 0.1) is 5.92 Å². The molecule has 2 bridgehead atoms. The molecule has 2 aliphatic rings. The Bertz CT molecular complexity index is 454. The molecule has 134 valence electrons. The van der Waals surface area contributed by atoms with E-state index >= 15 is 0 Å². The molecule has 23 heavy (non-hydrogen) atoms. The lowest BCUT2D eigenvalue weighted by Gasteiger charge is -2.39. The Morgan fingerprint density at radius 1 is 1.04 bits per heavy atom. The number of fused-ring (bicyclic) bond motifs is 2. The summed E-state index contributed by atoms with van der Waals surface area (Å²) >= 11 is 0. The lowest BCUT2D eigenvalue weighted by atomic mass is 9.88. The van der Waals surface area contributed by atoms with Gasteiger partial charge < -0.3 is 8.85 Å². The molecule has 0 amide bonds. The van der Waals surface area contributed by atoms with Crippen LogP contribution in [0.25, 0.3) is 0 Å². The molecule has 5 heteroatoms. The number of rotatable bonds is 5. The number of carbonyl (C=O) groups is 1. The lowest BCUT2D eigenvalue weighted by Crippen LogP contribution is -2.45. The molecule has 2 aliphatic carbocycles. The molecule has 0 aliphatic heterocycles. The van der Waals surface area contributed by atoms with Crippen LogP contribution in [0.15, 0.2) is 0 Å².